The van der Waals surface area contributed by atoms with Gasteiger partial charge in [-0.3, -0.25) is 4.79 Å². The van der Waals surface area contributed by atoms with Crippen LogP contribution in [0.3, 0.4) is 0 Å². The molecule has 0 radical (unpaired) electrons. The monoisotopic (exact) mass is 344 g/mol. The third-order valence-electron chi connectivity index (χ3n) is 3.44. The summed E-state index contributed by atoms with van der Waals surface area (Å²) in [6.45, 7) is 2.54. The van der Waals surface area contributed by atoms with Gasteiger partial charge in [0.15, 0.2) is 19.0 Å². The molecule has 132 valence electrons. The Morgan fingerprint density at radius 1 is 1.12 bits per heavy atom. The third-order valence-corrected chi connectivity index (χ3v) is 3.44. The lowest BCUT2D eigenvalue weighted by atomic mass is 10.2. The van der Waals surface area contributed by atoms with E-state index in [2.05, 4.69) is 0 Å². The van der Waals surface area contributed by atoms with E-state index in [1.807, 2.05) is 31.2 Å². The van der Waals surface area contributed by atoms with E-state index in [9.17, 15) is 14.8 Å². The third kappa shape index (κ3) is 5.49. The number of pyridine rings is 1. The fourth-order valence-electron chi connectivity index (χ4n) is 2.09. The van der Waals surface area contributed by atoms with Crippen molar-refractivity contribution in [2.24, 2.45) is 0 Å². The Morgan fingerprint density at radius 3 is 2.36 bits per heavy atom. The van der Waals surface area contributed by atoms with Crippen LogP contribution < -0.4 is 9.47 Å². The zero-order chi connectivity index (χ0) is 18.2. The number of carbonyl (C=O) groups excluding carboxylic acids is 2. The molecule has 1 amide bonds. The number of esters is 1. The molecule has 0 aliphatic rings. The number of ether oxygens (including phenoxy) is 2. The number of hydrogen-bond donors (Lipinski definition) is 0. The Hall–Kier alpha value is -3.09. The van der Waals surface area contributed by atoms with Crippen molar-refractivity contribution < 1.29 is 23.8 Å². The highest BCUT2D eigenvalue weighted by atomic mass is 16.5. The molecule has 0 saturated heterocycles. The second-order valence-corrected chi connectivity index (χ2v) is 5.35. The Labute approximate surface area is 146 Å². The first-order chi connectivity index (χ1) is 12.0. The molecule has 0 aliphatic carbocycles. The number of carbonyl (C=O) groups is 2. The molecule has 7 nitrogen and oxygen atoms in total. The molecule has 25 heavy (non-hydrogen) atoms. The summed E-state index contributed by atoms with van der Waals surface area (Å²) in [6.07, 6.45) is 2.38. The number of amides is 1. The van der Waals surface area contributed by atoms with E-state index >= 15 is 0 Å². The van der Waals surface area contributed by atoms with Crippen molar-refractivity contribution in [1.82, 2.24) is 4.90 Å². The van der Waals surface area contributed by atoms with Crippen LogP contribution in [0, 0.1) is 5.21 Å². The summed E-state index contributed by atoms with van der Waals surface area (Å²) >= 11 is 0. The van der Waals surface area contributed by atoms with Crippen molar-refractivity contribution in [3.05, 3.63) is 65.1 Å². The summed E-state index contributed by atoms with van der Waals surface area (Å²) in [7, 11) is 1.63. The van der Waals surface area contributed by atoms with Crippen molar-refractivity contribution in [3.8, 4) is 5.75 Å². The number of aromatic nitrogens is 1. The highest BCUT2D eigenvalue weighted by Gasteiger charge is 2.14. The van der Waals surface area contributed by atoms with Gasteiger partial charge in [0.1, 0.15) is 5.75 Å². The zero-order valence-corrected chi connectivity index (χ0v) is 14.2. The van der Waals surface area contributed by atoms with Gasteiger partial charge in [-0.15, -0.1) is 0 Å². The molecule has 1 aromatic heterocycles. The summed E-state index contributed by atoms with van der Waals surface area (Å²) in [6, 6.07) is 10.1. The van der Waals surface area contributed by atoms with Gasteiger partial charge in [-0.2, -0.15) is 4.73 Å². The van der Waals surface area contributed by atoms with Crippen molar-refractivity contribution in [1.29, 1.82) is 0 Å². The average Bonchev–Trinajstić information content (AvgIpc) is 2.61. The van der Waals surface area contributed by atoms with Crippen LogP contribution in [0.1, 0.15) is 22.8 Å². The number of hydrogen-bond acceptors (Lipinski definition) is 5. The Bertz CT molecular complexity index is 713. The quantitative estimate of drug-likeness (QED) is 0.432. The normalized spacial score (nSPS) is 10.2. The topological polar surface area (TPSA) is 82.8 Å². The Balaban J connectivity index is 1.83. The molecule has 0 N–H and O–H groups in total. The van der Waals surface area contributed by atoms with Crippen molar-refractivity contribution >= 4 is 11.9 Å². The van der Waals surface area contributed by atoms with Gasteiger partial charge in [0.05, 0.1) is 12.2 Å². The number of nitrogens with zero attached hydrogens (tertiary/aromatic N) is 2. The minimum atomic E-state index is -0.650. The van der Waals surface area contributed by atoms with Crippen LogP contribution in [0.2, 0.25) is 0 Å². The molecular formula is C18H20N2O5. The van der Waals surface area contributed by atoms with Crippen LogP contribution in [-0.2, 0) is 16.1 Å². The van der Waals surface area contributed by atoms with Gasteiger partial charge in [-0.05, 0) is 24.6 Å². The molecule has 0 spiro atoms. The maximum atomic E-state index is 12.1. The van der Waals surface area contributed by atoms with Crippen LogP contribution >= 0.6 is 0 Å². The van der Waals surface area contributed by atoms with Crippen LogP contribution in [0.5, 0.6) is 5.75 Å². The van der Waals surface area contributed by atoms with Crippen LogP contribution in [0.25, 0.3) is 0 Å². The highest BCUT2D eigenvalue weighted by Crippen LogP contribution is 2.13. The van der Waals surface area contributed by atoms with Gasteiger partial charge >= 0.3 is 5.97 Å². The minimum absolute atomic E-state index is 0.217. The predicted molar refractivity (Wildman–Crippen MR) is 89.8 cm³/mol. The van der Waals surface area contributed by atoms with Crippen molar-refractivity contribution in [3.63, 3.8) is 0 Å². The molecule has 0 saturated carbocycles. The summed E-state index contributed by atoms with van der Waals surface area (Å²) < 4.78 is 10.9. The molecule has 0 bridgehead atoms. The van der Waals surface area contributed by atoms with E-state index in [1.54, 1.807) is 7.05 Å². The molecule has 1 aromatic carbocycles. The van der Waals surface area contributed by atoms with Crippen molar-refractivity contribution in [2.45, 2.75) is 13.5 Å². The van der Waals surface area contributed by atoms with Crippen LogP contribution in [-0.4, -0.2) is 37.0 Å². The lowest BCUT2D eigenvalue weighted by Crippen LogP contribution is -2.31. The number of benzene rings is 1. The average molecular weight is 344 g/mol. The maximum Gasteiger partial charge on any atom is 0.339 e. The fourth-order valence-corrected chi connectivity index (χ4v) is 2.09. The standard InChI is InChI=1S/C18H20N2O5/c1-3-24-16-6-4-14(5-7-16)12-19(2)17(21)13-25-18(22)15-8-10-20(23)11-9-15/h4-11H,3,12-13H2,1-2H3. The molecule has 1 heterocycles. The Kier molecular flexibility index (Phi) is 6.33. The molecule has 0 atom stereocenters. The zero-order valence-electron chi connectivity index (χ0n) is 14.2. The molecule has 0 unspecified atom stereocenters. The first-order valence-electron chi connectivity index (χ1n) is 7.81. The van der Waals surface area contributed by atoms with Gasteiger partial charge < -0.3 is 19.6 Å². The summed E-state index contributed by atoms with van der Waals surface area (Å²) in [5.74, 6) is -0.197. The minimum Gasteiger partial charge on any atom is -0.619 e. The van der Waals surface area contributed by atoms with E-state index in [1.165, 1.54) is 29.4 Å². The SMILES string of the molecule is CCOc1ccc(CN(C)C(=O)COC(=O)c2cc[n+]([O-])cc2)cc1. The smallest absolute Gasteiger partial charge is 0.339 e. The molecular weight excluding hydrogens is 324 g/mol. The molecule has 7 heteroatoms. The van der Waals surface area contributed by atoms with Gasteiger partial charge in [0.2, 0.25) is 0 Å². The van der Waals surface area contributed by atoms with Crippen LogP contribution in [0.15, 0.2) is 48.8 Å². The lowest BCUT2D eigenvalue weighted by molar-refractivity contribution is -0.605. The van der Waals surface area contributed by atoms with Gasteiger partial charge in [0.25, 0.3) is 5.91 Å². The fraction of sp³-hybridized carbons (Fsp3) is 0.278. The van der Waals surface area contributed by atoms with Gasteiger partial charge in [-0.25, -0.2) is 4.79 Å². The van der Waals surface area contributed by atoms with E-state index in [-0.39, 0.29) is 18.1 Å². The first kappa shape index (κ1) is 18.3. The van der Waals surface area contributed by atoms with E-state index < -0.39 is 5.97 Å². The molecule has 0 aliphatic heterocycles. The molecule has 0 fully saturated rings. The molecule has 2 aromatic rings. The number of rotatable bonds is 7. The van der Waals surface area contributed by atoms with Gasteiger partial charge in [0, 0.05) is 25.7 Å². The summed E-state index contributed by atoms with van der Waals surface area (Å²) in [5.41, 5.74) is 1.16. The van der Waals surface area contributed by atoms with Crippen LogP contribution in [0.4, 0.5) is 0 Å². The summed E-state index contributed by atoms with van der Waals surface area (Å²) in [4.78, 5) is 25.4. The van der Waals surface area contributed by atoms with E-state index in [0.717, 1.165) is 11.3 Å². The molecule has 2 rings (SSSR count). The Morgan fingerprint density at radius 2 is 1.76 bits per heavy atom. The van der Waals surface area contributed by atoms with Gasteiger partial charge in [-0.1, -0.05) is 12.1 Å². The number of likely N-dealkylation sites (N-methyl/N-ethyl adjacent to an activating group) is 1. The second kappa shape index (κ2) is 8.68. The maximum absolute atomic E-state index is 12.1. The van der Waals surface area contributed by atoms with E-state index in [0.29, 0.717) is 17.9 Å². The largest absolute Gasteiger partial charge is 0.619 e. The first-order valence-corrected chi connectivity index (χ1v) is 7.81. The van der Waals surface area contributed by atoms with E-state index in [4.69, 9.17) is 9.47 Å². The highest BCUT2D eigenvalue weighted by molar-refractivity contribution is 5.91. The predicted octanol–water partition coefficient (Wildman–Crippen LogP) is 1.53. The summed E-state index contributed by atoms with van der Waals surface area (Å²) in [5, 5.41) is 10.9. The lowest BCUT2D eigenvalue weighted by Gasteiger charge is -2.17. The van der Waals surface area contributed by atoms with Crippen molar-refractivity contribution in [2.75, 3.05) is 20.3 Å². The second-order valence-electron chi connectivity index (χ2n) is 5.35.